The zero-order valence-electron chi connectivity index (χ0n) is 12.3. The molecule has 0 saturated carbocycles. The van der Waals surface area contributed by atoms with Crippen molar-refractivity contribution < 1.29 is 13.9 Å². The molecule has 1 aliphatic heterocycles. The van der Waals surface area contributed by atoms with Crippen LogP contribution in [-0.4, -0.2) is 29.6 Å². The van der Waals surface area contributed by atoms with Crippen LogP contribution in [0.5, 0.6) is 0 Å². The number of likely N-dealkylation sites (tertiary alicyclic amines) is 1. The van der Waals surface area contributed by atoms with E-state index in [4.69, 9.17) is 0 Å². The first kappa shape index (κ1) is 15.1. The summed E-state index contributed by atoms with van der Waals surface area (Å²) in [4.78, 5) is 2.10. The van der Waals surface area contributed by atoms with E-state index >= 15 is 0 Å². The van der Waals surface area contributed by atoms with Crippen LogP contribution in [0.15, 0.2) is 48.5 Å². The second-order valence-corrected chi connectivity index (χ2v) is 5.84. The van der Waals surface area contributed by atoms with Gasteiger partial charge in [-0.3, -0.25) is 4.90 Å². The number of rotatable bonds is 4. The van der Waals surface area contributed by atoms with Gasteiger partial charge in [0.25, 0.3) is 0 Å². The summed E-state index contributed by atoms with van der Waals surface area (Å²) in [6.07, 6.45) is 0.00718. The lowest BCUT2D eigenvalue weighted by Crippen LogP contribution is -2.26. The lowest BCUT2D eigenvalue weighted by molar-refractivity contribution is 0.122. The standard InChI is InChI=1S/C18H19F2NO/c19-15-6-7-17(20)16(10-15)18(22)12-21-9-8-14(11-21)13-4-2-1-3-5-13/h1-7,10,14,18,22H,8-9,11-12H2/t14-,18-/m1/s1. The largest absolute Gasteiger partial charge is 0.387 e. The molecule has 1 aliphatic rings. The molecule has 2 atom stereocenters. The summed E-state index contributed by atoms with van der Waals surface area (Å²) in [7, 11) is 0. The molecule has 0 spiro atoms. The van der Waals surface area contributed by atoms with Crippen LogP contribution < -0.4 is 0 Å². The number of aliphatic hydroxyl groups is 1. The molecule has 2 aromatic rings. The Morgan fingerprint density at radius 1 is 1.14 bits per heavy atom. The quantitative estimate of drug-likeness (QED) is 0.934. The topological polar surface area (TPSA) is 23.5 Å². The molecule has 0 aliphatic carbocycles. The highest BCUT2D eigenvalue weighted by Crippen LogP contribution is 2.29. The van der Waals surface area contributed by atoms with Gasteiger partial charge < -0.3 is 5.11 Å². The zero-order valence-corrected chi connectivity index (χ0v) is 12.3. The van der Waals surface area contributed by atoms with Crippen LogP contribution in [0.25, 0.3) is 0 Å². The molecule has 0 amide bonds. The molecular weight excluding hydrogens is 284 g/mol. The summed E-state index contributed by atoms with van der Waals surface area (Å²) in [5.74, 6) is -0.655. The van der Waals surface area contributed by atoms with Crippen LogP contribution >= 0.6 is 0 Å². The molecule has 22 heavy (non-hydrogen) atoms. The van der Waals surface area contributed by atoms with E-state index in [1.807, 2.05) is 18.2 Å². The first-order valence-corrected chi connectivity index (χ1v) is 7.54. The first-order valence-electron chi connectivity index (χ1n) is 7.54. The number of nitrogens with zero attached hydrogens (tertiary/aromatic N) is 1. The van der Waals surface area contributed by atoms with Crippen molar-refractivity contribution in [3.05, 3.63) is 71.3 Å². The van der Waals surface area contributed by atoms with Crippen LogP contribution in [0.3, 0.4) is 0 Å². The lowest BCUT2D eigenvalue weighted by atomic mass is 9.99. The number of benzene rings is 2. The van der Waals surface area contributed by atoms with Gasteiger partial charge in [-0.1, -0.05) is 30.3 Å². The fraction of sp³-hybridized carbons (Fsp3) is 0.333. The van der Waals surface area contributed by atoms with Gasteiger partial charge in [0.1, 0.15) is 11.6 Å². The van der Waals surface area contributed by atoms with E-state index in [0.717, 1.165) is 37.7 Å². The summed E-state index contributed by atoms with van der Waals surface area (Å²) in [6.45, 7) is 2.01. The third-order valence-electron chi connectivity index (χ3n) is 4.29. The summed E-state index contributed by atoms with van der Waals surface area (Å²) >= 11 is 0. The molecule has 2 aromatic carbocycles. The summed E-state index contributed by atoms with van der Waals surface area (Å²) in [6, 6.07) is 13.5. The van der Waals surface area contributed by atoms with Crippen LogP contribution in [0.2, 0.25) is 0 Å². The molecule has 0 radical (unpaired) electrons. The average Bonchev–Trinajstić information content (AvgIpc) is 2.99. The van der Waals surface area contributed by atoms with Gasteiger partial charge in [0.05, 0.1) is 6.10 Å². The van der Waals surface area contributed by atoms with E-state index in [9.17, 15) is 13.9 Å². The van der Waals surface area contributed by atoms with Crippen molar-refractivity contribution in [3.63, 3.8) is 0 Å². The van der Waals surface area contributed by atoms with Crippen LogP contribution in [0.4, 0.5) is 8.78 Å². The van der Waals surface area contributed by atoms with Gasteiger partial charge in [-0.05, 0) is 42.6 Å². The minimum atomic E-state index is -1.01. The summed E-state index contributed by atoms with van der Waals surface area (Å²) in [5.41, 5.74) is 1.32. The first-order chi connectivity index (χ1) is 10.6. The second-order valence-electron chi connectivity index (χ2n) is 5.84. The molecule has 1 N–H and O–H groups in total. The molecule has 4 heteroatoms. The highest BCUT2D eigenvalue weighted by atomic mass is 19.1. The fourth-order valence-electron chi connectivity index (χ4n) is 3.11. The number of hydrogen-bond acceptors (Lipinski definition) is 2. The van der Waals surface area contributed by atoms with E-state index in [2.05, 4.69) is 17.0 Å². The maximum Gasteiger partial charge on any atom is 0.129 e. The molecular formula is C18H19F2NO. The van der Waals surface area contributed by atoms with Gasteiger partial charge in [0.15, 0.2) is 0 Å². The van der Waals surface area contributed by atoms with Gasteiger partial charge in [0, 0.05) is 18.7 Å². The van der Waals surface area contributed by atoms with Gasteiger partial charge in [-0.25, -0.2) is 8.78 Å². The maximum atomic E-state index is 13.7. The highest BCUT2D eigenvalue weighted by Gasteiger charge is 2.26. The van der Waals surface area contributed by atoms with Gasteiger partial charge in [-0.2, -0.15) is 0 Å². The molecule has 1 heterocycles. The van der Waals surface area contributed by atoms with Crippen molar-refractivity contribution in [1.29, 1.82) is 0 Å². The Balaban J connectivity index is 1.63. The Kier molecular flexibility index (Phi) is 4.50. The second kappa shape index (κ2) is 6.55. The van der Waals surface area contributed by atoms with E-state index in [1.165, 1.54) is 5.56 Å². The minimum Gasteiger partial charge on any atom is -0.387 e. The van der Waals surface area contributed by atoms with Crippen molar-refractivity contribution in [1.82, 2.24) is 4.90 Å². The van der Waals surface area contributed by atoms with Gasteiger partial charge >= 0.3 is 0 Å². The van der Waals surface area contributed by atoms with Gasteiger partial charge in [-0.15, -0.1) is 0 Å². The minimum absolute atomic E-state index is 0.0307. The van der Waals surface area contributed by atoms with E-state index in [-0.39, 0.29) is 5.56 Å². The molecule has 2 nitrogen and oxygen atoms in total. The molecule has 0 unspecified atom stereocenters. The SMILES string of the molecule is O[C@H](CN1CC[C@@H](c2ccccc2)C1)c1cc(F)ccc1F. The Bertz CT molecular complexity index is 632. The van der Waals surface area contributed by atoms with E-state index in [0.29, 0.717) is 12.5 Å². The monoisotopic (exact) mass is 303 g/mol. The highest BCUT2D eigenvalue weighted by molar-refractivity contribution is 5.23. The predicted octanol–water partition coefficient (Wildman–Crippen LogP) is 3.49. The summed E-state index contributed by atoms with van der Waals surface area (Å²) < 4.78 is 26.9. The van der Waals surface area contributed by atoms with Crippen molar-refractivity contribution in [2.75, 3.05) is 19.6 Å². The van der Waals surface area contributed by atoms with E-state index < -0.39 is 17.7 Å². The summed E-state index contributed by atoms with van der Waals surface area (Å²) in [5, 5.41) is 10.2. The normalized spacial score (nSPS) is 20.2. The van der Waals surface area contributed by atoms with Crippen LogP contribution in [0, 0.1) is 11.6 Å². The molecule has 0 aromatic heterocycles. The molecule has 116 valence electrons. The van der Waals surface area contributed by atoms with Crippen LogP contribution in [-0.2, 0) is 0 Å². The molecule has 0 bridgehead atoms. The van der Waals surface area contributed by atoms with Crippen LogP contribution in [0.1, 0.15) is 29.6 Å². The smallest absolute Gasteiger partial charge is 0.129 e. The number of hydrogen-bond donors (Lipinski definition) is 1. The predicted molar refractivity (Wildman–Crippen MR) is 81.6 cm³/mol. The Labute approximate surface area is 129 Å². The lowest BCUT2D eigenvalue weighted by Gasteiger charge is -2.21. The number of halogens is 2. The van der Waals surface area contributed by atoms with Crippen molar-refractivity contribution in [3.8, 4) is 0 Å². The Morgan fingerprint density at radius 2 is 1.91 bits per heavy atom. The average molecular weight is 303 g/mol. The molecule has 3 rings (SSSR count). The van der Waals surface area contributed by atoms with Gasteiger partial charge in [0.2, 0.25) is 0 Å². The van der Waals surface area contributed by atoms with Crippen molar-refractivity contribution >= 4 is 0 Å². The fourth-order valence-corrected chi connectivity index (χ4v) is 3.11. The maximum absolute atomic E-state index is 13.7. The van der Waals surface area contributed by atoms with Crippen molar-refractivity contribution in [2.24, 2.45) is 0 Å². The number of aliphatic hydroxyl groups excluding tert-OH is 1. The third-order valence-corrected chi connectivity index (χ3v) is 4.29. The third kappa shape index (κ3) is 3.34. The van der Waals surface area contributed by atoms with Crippen molar-refractivity contribution in [2.45, 2.75) is 18.4 Å². The Morgan fingerprint density at radius 3 is 2.68 bits per heavy atom. The van der Waals surface area contributed by atoms with E-state index in [1.54, 1.807) is 0 Å². The molecule has 1 fully saturated rings. The molecule has 1 saturated heterocycles. The number of β-amino-alcohol motifs (C(OH)–C–C–N with tert-alkyl or cyclic N) is 1. The zero-order chi connectivity index (χ0) is 15.5. The Hall–Kier alpha value is -1.78.